The molecule has 0 radical (unpaired) electrons. The molecule has 0 saturated carbocycles. The van der Waals surface area contributed by atoms with E-state index in [4.69, 9.17) is 9.68 Å². The van der Waals surface area contributed by atoms with Crippen molar-refractivity contribution in [2.24, 2.45) is 10.3 Å². The number of hydrogen-bond acceptors (Lipinski definition) is 8. The summed E-state index contributed by atoms with van der Waals surface area (Å²) < 4.78 is 0. The summed E-state index contributed by atoms with van der Waals surface area (Å²) in [5.41, 5.74) is 5.35. The summed E-state index contributed by atoms with van der Waals surface area (Å²) in [5, 5.41) is 7.93. The zero-order valence-electron chi connectivity index (χ0n) is 28.3. The van der Waals surface area contributed by atoms with Crippen LogP contribution in [0.3, 0.4) is 0 Å². The third-order valence-electron chi connectivity index (χ3n) is 9.22. The number of oxime groups is 2. The average molecular weight is 657 g/mol. The van der Waals surface area contributed by atoms with E-state index in [2.05, 4.69) is 31.1 Å². The SMILES string of the molecule is CCCCC/C(=N\OC(=O)c1ccccc1)C(=O)c1ccc2c(c1)C(CC)(CC)c1cc(C(=O)/C(C)=N/OC(=O)c3ccccc3)ccc1-2. The van der Waals surface area contributed by atoms with Crippen molar-refractivity contribution in [3.05, 3.63) is 130 Å². The fourth-order valence-corrected chi connectivity index (χ4v) is 6.41. The van der Waals surface area contributed by atoms with E-state index >= 15 is 0 Å². The van der Waals surface area contributed by atoms with Crippen LogP contribution in [0.15, 0.2) is 107 Å². The molecular weight excluding hydrogens is 616 g/mol. The number of Topliss-reactive ketones (excluding diaryl/α,β-unsaturated/α-hetero) is 2. The van der Waals surface area contributed by atoms with E-state index in [1.54, 1.807) is 72.8 Å². The quantitative estimate of drug-likeness (QED) is 0.0440. The predicted molar refractivity (Wildman–Crippen MR) is 190 cm³/mol. The Morgan fingerprint density at radius 3 is 1.57 bits per heavy atom. The minimum Gasteiger partial charge on any atom is -0.312 e. The lowest BCUT2D eigenvalue weighted by Crippen LogP contribution is -2.24. The van der Waals surface area contributed by atoms with Crippen molar-refractivity contribution in [1.29, 1.82) is 0 Å². The zero-order valence-corrected chi connectivity index (χ0v) is 28.3. The van der Waals surface area contributed by atoms with Gasteiger partial charge in [-0.15, -0.1) is 0 Å². The van der Waals surface area contributed by atoms with E-state index in [-0.39, 0.29) is 23.0 Å². The molecule has 0 amide bonds. The summed E-state index contributed by atoms with van der Waals surface area (Å²) in [6, 6.07) is 28.3. The van der Waals surface area contributed by atoms with Crippen LogP contribution in [0.5, 0.6) is 0 Å². The summed E-state index contributed by atoms with van der Waals surface area (Å²) in [7, 11) is 0. The minimum absolute atomic E-state index is 0.0501. The van der Waals surface area contributed by atoms with Gasteiger partial charge in [-0.2, -0.15) is 0 Å². The topological polar surface area (TPSA) is 111 Å². The maximum Gasteiger partial charge on any atom is 0.365 e. The molecule has 0 heterocycles. The molecule has 4 aromatic rings. The first-order valence-electron chi connectivity index (χ1n) is 16.8. The molecule has 250 valence electrons. The van der Waals surface area contributed by atoms with Crippen molar-refractivity contribution in [3.8, 4) is 11.1 Å². The molecule has 5 rings (SSSR count). The molecule has 8 heteroatoms. The Morgan fingerprint density at radius 2 is 1.08 bits per heavy atom. The van der Waals surface area contributed by atoms with Crippen molar-refractivity contribution in [1.82, 2.24) is 0 Å². The molecule has 0 spiro atoms. The fourth-order valence-electron chi connectivity index (χ4n) is 6.41. The monoisotopic (exact) mass is 656 g/mol. The van der Waals surface area contributed by atoms with Crippen LogP contribution < -0.4 is 0 Å². The summed E-state index contributed by atoms with van der Waals surface area (Å²) in [5.74, 6) is -1.91. The molecule has 0 fully saturated rings. The summed E-state index contributed by atoms with van der Waals surface area (Å²) in [4.78, 5) is 62.7. The lowest BCUT2D eigenvalue weighted by molar-refractivity contribution is 0.0505. The van der Waals surface area contributed by atoms with Gasteiger partial charge in [-0.3, -0.25) is 9.59 Å². The van der Waals surface area contributed by atoms with Crippen LogP contribution in [0.1, 0.15) is 119 Å². The standard InChI is InChI=1S/C41H40N2O6/c1-5-8-11-20-36(43-49-40(47)29-18-14-10-15-19-29)38(45)31-22-24-33-32-23-21-30(25-34(32)41(6-2,7-3)35(33)26-31)37(44)27(4)42-48-39(46)28-16-12-9-13-17-28/h9-10,12-19,21-26H,5-8,11,20H2,1-4H3/b42-27+,43-36+. The molecule has 0 saturated heterocycles. The number of nitrogens with zero attached hydrogens (tertiary/aromatic N) is 2. The van der Waals surface area contributed by atoms with E-state index in [9.17, 15) is 19.2 Å². The predicted octanol–water partition coefficient (Wildman–Crippen LogP) is 9.16. The van der Waals surface area contributed by atoms with Crippen molar-refractivity contribution in [2.75, 3.05) is 0 Å². The van der Waals surface area contributed by atoms with Gasteiger partial charge in [0, 0.05) is 16.5 Å². The number of hydrogen-bond donors (Lipinski definition) is 0. The van der Waals surface area contributed by atoms with Crippen molar-refractivity contribution >= 4 is 34.9 Å². The van der Waals surface area contributed by atoms with Gasteiger partial charge < -0.3 is 9.68 Å². The number of unbranched alkanes of at least 4 members (excludes halogenated alkanes) is 2. The molecule has 0 unspecified atom stereocenters. The van der Waals surface area contributed by atoms with Crippen LogP contribution in [0.4, 0.5) is 0 Å². The molecule has 8 nitrogen and oxygen atoms in total. The number of ketones is 2. The molecule has 0 atom stereocenters. The number of carbonyl (C=O) groups excluding carboxylic acids is 4. The van der Waals surface area contributed by atoms with Gasteiger partial charge in [0.15, 0.2) is 0 Å². The fraction of sp³-hybridized carbons (Fsp3) is 0.268. The number of benzene rings is 4. The Labute approximate surface area is 286 Å². The summed E-state index contributed by atoms with van der Waals surface area (Å²) in [6.45, 7) is 7.79. The van der Waals surface area contributed by atoms with Crippen molar-refractivity contribution in [2.45, 2.75) is 71.6 Å². The molecule has 1 aliphatic carbocycles. The Bertz CT molecular complexity index is 1920. The van der Waals surface area contributed by atoms with Crippen molar-refractivity contribution in [3.63, 3.8) is 0 Å². The van der Waals surface area contributed by atoms with Gasteiger partial charge in [0.25, 0.3) is 0 Å². The van der Waals surface area contributed by atoms with E-state index in [0.29, 0.717) is 28.7 Å². The van der Waals surface area contributed by atoms with Gasteiger partial charge in [-0.25, -0.2) is 9.59 Å². The molecule has 0 aliphatic heterocycles. The Balaban J connectivity index is 1.43. The largest absolute Gasteiger partial charge is 0.365 e. The average Bonchev–Trinajstić information content (AvgIpc) is 3.43. The van der Waals surface area contributed by atoms with Crippen LogP contribution in [0, 0.1) is 0 Å². The van der Waals surface area contributed by atoms with E-state index in [1.165, 1.54) is 6.92 Å². The first-order chi connectivity index (χ1) is 23.7. The first kappa shape index (κ1) is 34.8. The summed E-state index contributed by atoms with van der Waals surface area (Å²) >= 11 is 0. The zero-order chi connectivity index (χ0) is 35.0. The van der Waals surface area contributed by atoms with Crippen LogP contribution >= 0.6 is 0 Å². The van der Waals surface area contributed by atoms with Crippen LogP contribution in [0.25, 0.3) is 11.1 Å². The lowest BCUT2D eigenvalue weighted by atomic mass is 9.73. The van der Waals surface area contributed by atoms with Crippen LogP contribution in [0.2, 0.25) is 0 Å². The van der Waals surface area contributed by atoms with E-state index in [0.717, 1.165) is 54.4 Å². The minimum atomic E-state index is -0.647. The first-order valence-corrected chi connectivity index (χ1v) is 16.8. The normalized spacial score (nSPS) is 13.3. The second-order valence-electron chi connectivity index (χ2n) is 12.1. The maximum atomic E-state index is 14.0. The van der Waals surface area contributed by atoms with Gasteiger partial charge in [0.2, 0.25) is 11.6 Å². The van der Waals surface area contributed by atoms with Crippen molar-refractivity contribution < 1.29 is 28.9 Å². The van der Waals surface area contributed by atoms with Gasteiger partial charge in [0.05, 0.1) is 11.1 Å². The highest BCUT2D eigenvalue weighted by atomic mass is 16.7. The molecule has 0 bridgehead atoms. The highest BCUT2D eigenvalue weighted by molar-refractivity contribution is 6.46. The van der Waals surface area contributed by atoms with E-state index in [1.807, 2.05) is 24.3 Å². The molecule has 1 aliphatic rings. The number of carbonyl (C=O) groups is 4. The lowest BCUT2D eigenvalue weighted by Gasteiger charge is -2.30. The maximum absolute atomic E-state index is 14.0. The van der Waals surface area contributed by atoms with Crippen LogP contribution in [-0.4, -0.2) is 34.9 Å². The molecule has 4 aromatic carbocycles. The second kappa shape index (κ2) is 15.6. The van der Waals surface area contributed by atoms with Gasteiger partial charge in [-0.05, 0) is 91.3 Å². The Morgan fingerprint density at radius 1 is 0.592 bits per heavy atom. The third-order valence-corrected chi connectivity index (χ3v) is 9.22. The van der Waals surface area contributed by atoms with Crippen LogP contribution in [-0.2, 0) is 15.1 Å². The molecule has 0 N–H and O–H groups in total. The van der Waals surface area contributed by atoms with E-state index < -0.39 is 17.4 Å². The number of rotatable bonds is 14. The van der Waals surface area contributed by atoms with Gasteiger partial charge in [-0.1, -0.05) is 105 Å². The Hall–Kier alpha value is -5.50. The van der Waals surface area contributed by atoms with Gasteiger partial charge >= 0.3 is 11.9 Å². The third kappa shape index (κ3) is 7.33. The summed E-state index contributed by atoms with van der Waals surface area (Å²) in [6.07, 6.45) is 4.45. The number of fused-ring (bicyclic) bond motifs is 3. The molecule has 49 heavy (non-hydrogen) atoms. The smallest absolute Gasteiger partial charge is 0.312 e. The molecule has 0 aromatic heterocycles. The highest BCUT2D eigenvalue weighted by Gasteiger charge is 2.41. The second-order valence-corrected chi connectivity index (χ2v) is 12.1. The van der Waals surface area contributed by atoms with Gasteiger partial charge in [0.1, 0.15) is 11.4 Å². The highest BCUT2D eigenvalue weighted by Crippen LogP contribution is 2.53. The Kier molecular flexibility index (Phi) is 11.1. The molecular formula is C41H40N2O6.